The average Bonchev–Trinajstić information content (AvgIpc) is 2.89. The first kappa shape index (κ1) is 12.6. The molecule has 0 spiro atoms. The van der Waals surface area contributed by atoms with Gasteiger partial charge in [-0.2, -0.15) is 5.10 Å². The van der Waals surface area contributed by atoms with Crippen molar-refractivity contribution in [3.63, 3.8) is 0 Å². The zero-order chi connectivity index (χ0) is 14.2. The lowest BCUT2D eigenvalue weighted by Crippen LogP contribution is -2.13. The van der Waals surface area contributed by atoms with E-state index in [1.165, 1.54) is 0 Å². The zero-order valence-corrected chi connectivity index (χ0v) is 12.5. The summed E-state index contributed by atoms with van der Waals surface area (Å²) in [4.78, 5) is 4.54. The number of halogens is 1. The van der Waals surface area contributed by atoms with E-state index in [9.17, 15) is 0 Å². The minimum atomic E-state index is 0.295. The molecule has 7 heteroatoms. The molecular weight excluding hydrogens is 336 g/mol. The Morgan fingerprint density at radius 2 is 2.24 bits per heavy atom. The molecule has 1 aromatic carbocycles. The van der Waals surface area contributed by atoms with Gasteiger partial charge in [-0.1, -0.05) is 6.07 Å². The first-order chi connectivity index (χ1) is 10.3. The van der Waals surface area contributed by atoms with E-state index in [0.29, 0.717) is 13.4 Å². The fraction of sp³-hybridized carbons (Fsp3) is 0.143. The third-order valence-electron chi connectivity index (χ3n) is 3.27. The van der Waals surface area contributed by atoms with Crippen molar-refractivity contribution in [2.75, 3.05) is 12.1 Å². The number of hydrogen-bond acceptors (Lipinski definition) is 5. The van der Waals surface area contributed by atoms with Crippen LogP contribution < -0.4 is 10.1 Å². The van der Waals surface area contributed by atoms with Crippen LogP contribution in [0.4, 0.5) is 11.5 Å². The van der Waals surface area contributed by atoms with Gasteiger partial charge in [0.05, 0.1) is 17.3 Å². The first-order valence-electron chi connectivity index (χ1n) is 6.40. The molecule has 0 saturated heterocycles. The third-order valence-corrected chi connectivity index (χ3v) is 3.83. The maximum Gasteiger partial charge on any atom is 0.189 e. The van der Waals surface area contributed by atoms with Crippen LogP contribution in [0.5, 0.6) is 5.75 Å². The number of ether oxygens (including phenoxy) is 2. The zero-order valence-electron chi connectivity index (χ0n) is 10.9. The first-order valence-corrected chi connectivity index (χ1v) is 7.20. The van der Waals surface area contributed by atoms with Crippen LogP contribution in [0.3, 0.4) is 0 Å². The van der Waals surface area contributed by atoms with Crippen molar-refractivity contribution in [2.24, 2.45) is 0 Å². The van der Waals surface area contributed by atoms with E-state index in [1.807, 2.05) is 30.5 Å². The highest BCUT2D eigenvalue weighted by molar-refractivity contribution is 9.10. The summed E-state index contributed by atoms with van der Waals surface area (Å²) in [7, 11) is 0. The predicted octanol–water partition coefficient (Wildman–Crippen LogP) is 3.10. The summed E-state index contributed by atoms with van der Waals surface area (Å²) in [6.45, 7) is 0.820. The van der Waals surface area contributed by atoms with Gasteiger partial charge < -0.3 is 14.8 Å². The summed E-state index contributed by atoms with van der Waals surface area (Å²) < 4.78 is 13.4. The molecule has 1 aliphatic rings. The fourth-order valence-corrected chi connectivity index (χ4v) is 2.63. The molecular formula is C14H11BrN4O2. The molecule has 106 valence electrons. The molecule has 0 aliphatic carbocycles. The number of fused-ring (bicyclic) bond motifs is 2. The van der Waals surface area contributed by atoms with Crippen molar-refractivity contribution < 1.29 is 9.47 Å². The van der Waals surface area contributed by atoms with Gasteiger partial charge in [0.1, 0.15) is 11.6 Å². The highest BCUT2D eigenvalue weighted by Crippen LogP contribution is 2.31. The van der Waals surface area contributed by atoms with E-state index >= 15 is 0 Å². The summed E-state index contributed by atoms with van der Waals surface area (Å²) >= 11 is 3.43. The van der Waals surface area contributed by atoms with Gasteiger partial charge in [0.25, 0.3) is 0 Å². The summed E-state index contributed by atoms with van der Waals surface area (Å²) in [5, 5.41) is 7.48. The number of hydrogen-bond donors (Lipinski definition) is 1. The Morgan fingerprint density at radius 3 is 3.19 bits per heavy atom. The van der Waals surface area contributed by atoms with Crippen molar-refractivity contribution in [2.45, 2.75) is 6.61 Å². The highest BCUT2D eigenvalue weighted by atomic mass is 79.9. The van der Waals surface area contributed by atoms with Gasteiger partial charge in [0, 0.05) is 17.4 Å². The number of nitrogens with zero attached hydrogens (tertiary/aromatic N) is 3. The molecule has 1 aliphatic heterocycles. The van der Waals surface area contributed by atoms with Gasteiger partial charge in [-0.3, -0.25) is 0 Å². The molecule has 1 N–H and O–H groups in total. The summed E-state index contributed by atoms with van der Waals surface area (Å²) in [5.74, 6) is 1.58. The van der Waals surface area contributed by atoms with E-state index in [1.54, 1.807) is 10.7 Å². The molecule has 4 rings (SSSR count). The van der Waals surface area contributed by atoms with E-state index in [-0.39, 0.29) is 0 Å². The number of aromatic nitrogens is 3. The van der Waals surface area contributed by atoms with Crippen molar-refractivity contribution in [3.05, 3.63) is 46.7 Å². The van der Waals surface area contributed by atoms with E-state index in [4.69, 9.17) is 9.47 Å². The Labute approximate surface area is 128 Å². The van der Waals surface area contributed by atoms with Crippen molar-refractivity contribution in [1.82, 2.24) is 14.6 Å². The monoisotopic (exact) mass is 346 g/mol. The van der Waals surface area contributed by atoms with E-state index in [2.05, 4.69) is 31.3 Å². The van der Waals surface area contributed by atoms with Crippen LogP contribution in [0.25, 0.3) is 5.65 Å². The minimum Gasteiger partial charge on any atom is -0.467 e. The number of rotatable bonds is 2. The molecule has 0 amide bonds. The highest BCUT2D eigenvalue weighted by Gasteiger charge is 2.15. The Morgan fingerprint density at radius 1 is 1.29 bits per heavy atom. The Balaban J connectivity index is 1.72. The summed E-state index contributed by atoms with van der Waals surface area (Å²) in [6.07, 6.45) is 3.58. The Hall–Kier alpha value is -2.12. The minimum absolute atomic E-state index is 0.295. The maximum atomic E-state index is 5.47. The standard InChI is InChI=1S/C14H11BrN4O2/c15-10-6-16-19-5-4-13(18-14(10)19)17-11-2-1-3-12-9(11)7-20-8-21-12/h1-6H,7-8H2,(H,17,18). The predicted molar refractivity (Wildman–Crippen MR) is 80.7 cm³/mol. The quantitative estimate of drug-likeness (QED) is 0.772. The second kappa shape index (κ2) is 5.01. The molecule has 0 atom stereocenters. The van der Waals surface area contributed by atoms with Crippen molar-refractivity contribution in [1.29, 1.82) is 0 Å². The fourth-order valence-electron chi connectivity index (χ4n) is 2.26. The van der Waals surface area contributed by atoms with Gasteiger partial charge in [-0.25, -0.2) is 9.50 Å². The maximum absolute atomic E-state index is 5.47. The van der Waals surface area contributed by atoms with Crippen LogP contribution in [0.2, 0.25) is 0 Å². The second-order valence-electron chi connectivity index (χ2n) is 4.59. The van der Waals surface area contributed by atoms with Crippen LogP contribution >= 0.6 is 15.9 Å². The number of anilines is 2. The Kier molecular flexibility index (Phi) is 3.01. The van der Waals surface area contributed by atoms with Gasteiger partial charge in [-0.15, -0.1) is 0 Å². The molecule has 21 heavy (non-hydrogen) atoms. The number of benzene rings is 1. The Bertz CT molecular complexity index is 818. The second-order valence-corrected chi connectivity index (χ2v) is 5.45. The molecule has 3 heterocycles. The third kappa shape index (κ3) is 2.24. The summed E-state index contributed by atoms with van der Waals surface area (Å²) in [6, 6.07) is 7.73. The van der Waals surface area contributed by atoms with Crippen LogP contribution in [-0.4, -0.2) is 21.4 Å². The van der Waals surface area contributed by atoms with Gasteiger partial charge in [0.2, 0.25) is 0 Å². The SMILES string of the molecule is Brc1cnn2ccc(Nc3cccc4c3COCO4)nc12. The molecule has 0 saturated carbocycles. The van der Waals surface area contributed by atoms with Crippen molar-refractivity contribution >= 4 is 33.1 Å². The summed E-state index contributed by atoms with van der Waals surface area (Å²) in [5.41, 5.74) is 2.69. The molecule has 0 radical (unpaired) electrons. The van der Waals surface area contributed by atoms with Gasteiger partial charge >= 0.3 is 0 Å². The van der Waals surface area contributed by atoms with Crippen LogP contribution in [0.15, 0.2) is 41.1 Å². The molecule has 6 nitrogen and oxygen atoms in total. The average molecular weight is 347 g/mol. The molecule has 3 aromatic rings. The van der Waals surface area contributed by atoms with E-state index < -0.39 is 0 Å². The van der Waals surface area contributed by atoms with Crippen LogP contribution in [-0.2, 0) is 11.3 Å². The van der Waals surface area contributed by atoms with Gasteiger partial charge in [-0.05, 0) is 34.1 Å². The topological polar surface area (TPSA) is 60.7 Å². The molecule has 0 unspecified atom stereocenters. The normalized spacial score (nSPS) is 13.8. The van der Waals surface area contributed by atoms with Crippen molar-refractivity contribution in [3.8, 4) is 5.75 Å². The lowest BCUT2D eigenvalue weighted by Gasteiger charge is -2.20. The molecule has 2 aromatic heterocycles. The van der Waals surface area contributed by atoms with Gasteiger partial charge in [0.15, 0.2) is 12.4 Å². The van der Waals surface area contributed by atoms with Crippen LogP contribution in [0.1, 0.15) is 5.56 Å². The van der Waals surface area contributed by atoms with Crippen LogP contribution in [0, 0.1) is 0 Å². The van der Waals surface area contributed by atoms with E-state index in [0.717, 1.165) is 32.9 Å². The smallest absolute Gasteiger partial charge is 0.189 e. The number of nitrogens with one attached hydrogen (secondary N) is 1. The lowest BCUT2D eigenvalue weighted by atomic mass is 10.1. The molecule has 0 fully saturated rings. The molecule has 0 bridgehead atoms. The lowest BCUT2D eigenvalue weighted by molar-refractivity contribution is -0.0159. The largest absolute Gasteiger partial charge is 0.467 e.